The molecule has 8 rings (SSSR count). The van der Waals surface area contributed by atoms with Crippen molar-refractivity contribution in [3.63, 3.8) is 0 Å². The van der Waals surface area contributed by atoms with Crippen LogP contribution in [0.1, 0.15) is 40.3 Å². The molecule has 0 saturated carbocycles. The summed E-state index contributed by atoms with van der Waals surface area (Å²) in [5.41, 5.74) is 13.4. The van der Waals surface area contributed by atoms with Gasteiger partial charge in [0.1, 0.15) is 17.2 Å². The number of halogens is 1. The molecule has 222 valence electrons. The van der Waals surface area contributed by atoms with Crippen LogP contribution in [0, 0.1) is 0 Å². The molecule has 0 radical (unpaired) electrons. The number of fused-ring (bicyclic) bond motifs is 5. The van der Waals surface area contributed by atoms with Crippen LogP contribution in [0.3, 0.4) is 0 Å². The third-order valence-corrected chi connectivity index (χ3v) is 9.67. The molecule has 46 heavy (non-hydrogen) atoms. The van der Waals surface area contributed by atoms with Crippen molar-refractivity contribution >= 4 is 39.6 Å². The second kappa shape index (κ2) is 11.2. The van der Waals surface area contributed by atoms with E-state index in [9.17, 15) is 0 Å². The first-order valence-electron chi connectivity index (χ1n) is 15.5. The Morgan fingerprint density at radius 2 is 1.65 bits per heavy atom. The van der Waals surface area contributed by atoms with Crippen LogP contribution in [0.15, 0.2) is 140 Å². The number of ether oxygens (including phenoxy) is 2. The summed E-state index contributed by atoms with van der Waals surface area (Å²) in [5.74, 6) is 2.47. The van der Waals surface area contributed by atoms with E-state index in [1.807, 2.05) is 24.3 Å². The van der Waals surface area contributed by atoms with Crippen molar-refractivity contribution in [2.24, 2.45) is 0 Å². The summed E-state index contributed by atoms with van der Waals surface area (Å²) in [6.45, 7) is 10.5. The quantitative estimate of drug-likeness (QED) is 0.180. The van der Waals surface area contributed by atoms with Crippen molar-refractivity contribution in [3.05, 3.63) is 178 Å². The minimum atomic E-state index is 0.679. The average Bonchev–Trinajstić information content (AvgIpc) is 3.41. The van der Waals surface area contributed by atoms with Crippen LogP contribution in [0.25, 0.3) is 39.1 Å². The predicted molar refractivity (Wildman–Crippen MR) is 193 cm³/mol. The van der Waals surface area contributed by atoms with E-state index >= 15 is 0 Å². The highest BCUT2D eigenvalue weighted by atomic mass is 35.5. The number of allylic oxidation sites excluding steroid dienone is 7. The zero-order valence-corrected chi connectivity index (χ0v) is 26.3. The maximum atomic E-state index is 6.95. The van der Waals surface area contributed by atoms with E-state index in [-0.39, 0.29) is 0 Å². The van der Waals surface area contributed by atoms with E-state index in [4.69, 9.17) is 21.1 Å². The van der Waals surface area contributed by atoms with Crippen LogP contribution in [-0.2, 0) is 12.8 Å². The van der Waals surface area contributed by atoms with Gasteiger partial charge in [-0.2, -0.15) is 0 Å². The van der Waals surface area contributed by atoms with Gasteiger partial charge in [0.2, 0.25) is 0 Å². The van der Waals surface area contributed by atoms with Gasteiger partial charge in [-0.05, 0) is 76.9 Å². The van der Waals surface area contributed by atoms with Gasteiger partial charge < -0.3 is 9.47 Å². The van der Waals surface area contributed by atoms with Gasteiger partial charge in [-0.3, -0.25) is 0 Å². The summed E-state index contributed by atoms with van der Waals surface area (Å²) in [6.07, 6.45) is 13.6. The first-order chi connectivity index (χ1) is 22.6. The number of hydrogen-bond acceptors (Lipinski definition) is 2. The Kier molecular flexibility index (Phi) is 6.89. The SMILES string of the molecule is C=COc1c(C2=C(C)C(C=C)=C3c4cc(Cl)c5ccccc5c4Oc4cccc(c43)C2)cc(-c2ccccc2)c2c1C=CC=CC2. The Labute approximate surface area is 274 Å². The molecule has 0 amide bonds. The zero-order chi connectivity index (χ0) is 31.4. The van der Waals surface area contributed by atoms with Crippen LogP contribution >= 0.6 is 11.6 Å². The maximum Gasteiger partial charge on any atom is 0.143 e. The molecule has 5 aromatic rings. The van der Waals surface area contributed by atoms with Crippen LogP contribution < -0.4 is 9.47 Å². The summed E-state index contributed by atoms with van der Waals surface area (Å²) in [4.78, 5) is 0. The topological polar surface area (TPSA) is 18.5 Å². The van der Waals surface area contributed by atoms with Crippen molar-refractivity contribution in [1.29, 1.82) is 0 Å². The van der Waals surface area contributed by atoms with Crippen molar-refractivity contribution in [2.75, 3.05) is 0 Å². The molecule has 0 aromatic heterocycles. The van der Waals surface area contributed by atoms with Gasteiger partial charge in [0, 0.05) is 43.6 Å². The van der Waals surface area contributed by atoms with Gasteiger partial charge >= 0.3 is 0 Å². The Balaban J connectivity index is 1.47. The standard InChI is InChI=1S/C43H31ClO2/c1-4-29-26(3)34(36-24-35(27-15-8-6-9-16-27)30-18-10-7-11-20-32(30)42(36)45-5-2)23-28-17-14-22-39-40(28)41(29)37-25-38(44)31-19-12-13-21-33(31)43(37)46-39/h4-17,19-22,24-25H,1-2,18,23H2,3H3. The van der Waals surface area contributed by atoms with Gasteiger partial charge in [-0.15, -0.1) is 0 Å². The highest BCUT2D eigenvalue weighted by molar-refractivity contribution is 6.36. The lowest BCUT2D eigenvalue weighted by molar-refractivity contribution is 0.479. The lowest BCUT2D eigenvalue weighted by Crippen LogP contribution is -2.07. The Hall–Kier alpha value is -5.31. The van der Waals surface area contributed by atoms with Crippen molar-refractivity contribution in [1.82, 2.24) is 0 Å². The first-order valence-corrected chi connectivity index (χ1v) is 15.9. The summed E-state index contributed by atoms with van der Waals surface area (Å²) < 4.78 is 13.1. The second-order valence-corrected chi connectivity index (χ2v) is 12.2. The molecule has 0 saturated heterocycles. The van der Waals surface area contributed by atoms with Crippen molar-refractivity contribution in [3.8, 4) is 28.4 Å². The summed E-state index contributed by atoms with van der Waals surface area (Å²) in [6, 6.07) is 29.5. The summed E-state index contributed by atoms with van der Waals surface area (Å²) in [7, 11) is 0. The second-order valence-electron chi connectivity index (χ2n) is 11.8. The molecule has 3 aliphatic rings. The molecular formula is C43H31ClO2. The highest BCUT2D eigenvalue weighted by Crippen LogP contribution is 2.54. The molecule has 0 unspecified atom stereocenters. The van der Waals surface area contributed by atoms with E-state index in [1.54, 1.807) is 0 Å². The summed E-state index contributed by atoms with van der Waals surface area (Å²) in [5, 5.41) is 2.65. The molecule has 2 nitrogen and oxygen atoms in total. The van der Waals surface area contributed by atoms with Gasteiger partial charge in [0.15, 0.2) is 0 Å². The highest BCUT2D eigenvalue weighted by Gasteiger charge is 2.33. The lowest BCUT2D eigenvalue weighted by Gasteiger charge is -2.27. The normalized spacial score (nSPS) is 14.6. The summed E-state index contributed by atoms with van der Waals surface area (Å²) >= 11 is 6.95. The van der Waals surface area contributed by atoms with E-state index in [0.717, 1.165) is 73.4 Å². The van der Waals surface area contributed by atoms with Crippen LogP contribution in [0.4, 0.5) is 0 Å². The molecule has 0 atom stereocenters. The molecule has 5 aromatic carbocycles. The van der Waals surface area contributed by atoms with E-state index in [1.165, 1.54) is 34.1 Å². The Bertz CT molecular complexity index is 2240. The lowest BCUT2D eigenvalue weighted by atomic mass is 9.84. The Morgan fingerprint density at radius 3 is 2.46 bits per heavy atom. The van der Waals surface area contributed by atoms with E-state index in [2.05, 4.69) is 111 Å². The average molecular weight is 615 g/mol. The first kappa shape index (κ1) is 28.2. The van der Waals surface area contributed by atoms with Crippen molar-refractivity contribution in [2.45, 2.75) is 19.8 Å². The molecule has 3 heteroatoms. The molecule has 0 N–H and O–H groups in total. The minimum Gasteiger partial charge on any atom is -0.464 e. The van der Waals surface area contributed by atoms with E-state index < -0.39 is 0 Å². The maximum absolute atomic E-state index is 6.95. The number of hydrogen-bond donors (Lipinski definition) is 0. The fourth-order valence-corrected chi connectivity index (χ4v) is 7.56. The smallest absolute Gasteiger partial charge is 0.143 e. The predicted octanol–water partition coefficient (Wildman–Crippen LogP) is 11.9. The van der Waals surface area contributed by atoms with Gasteiger partial charge in [0.25, 0.3) is 0 Å². The Morgan fingerprint density at radius 1 is 0.848 bits per heavy atom. The van der Waals surface area contributed by atoms with Gasteiger partial charge in [0.05, 0.1) is 6.26 Å². The minimum absolute atomic E-state index is 0.679. The third kappa shape index (κ3) is 4.33. The third-order valence-electron chi connectivity index (χ3n) is 9.36. The number of benzene rings is 5. The fourth-order valence-electron chi connectivity index (χ4n) is 7.29. The van der Waals surface area contributed by atoms with Crippen LogP contribution in [0.5, 0.6) is 17.2 Å². The zero-order valence-electron chi connectivity index (χ0n) is 25.6. The molecule has 0 fully saturated rings. The molecule has 0 spiro atoms. The van der Waals surface area contributed by atoms with Crippen LogP contribution in [0.2, 0.25) is 5.02 Å². The monoisotopic (exact) mass is 614 g/mol. The van der Waals surface area contributed by atoms with Crippen LogP contribution in [-0.4, -0.2) is 0 Å². The molecule has 1 aliphatic heterocycles. The molecular weight excluding hydrogens is 584 g/mol. The van der Waals surface area contributed by atoms with Gasteiger partial charge in [-0.25, -0.2) is 0 Å². The molecule has 0 bridgehead atoms. The molecule has 2 aliphatic carbocycles. The number of rotatable bonds is 5. The fraction of sp³-hybridized carbons (Fsp3) is 0.0698. The molecule has 1 heterocycles. The van der Waals surface area contributed by atoms with Gasteiger partial charge in [-0.1, -0.05) is 122 Å². The largest absolute Gasteiger partial charge is 0.464 e. The van der Waals surface area contributed by atoms with Crippen molar-refractivity contribution < 1.29 is 9.47 Å². The van der Waals surface area contributed by atoms with E-state index in [0.29, 0.717) is 11.4 Å².